The Morgan fingerprint density at radius 2 is 2.23 bits per heavy atom. The number of fused-ring (bicyclic) bond motifs is 1. The third kappa shape index (κ3) is 4.22. The second kappa shape index (κ2) is 8.31. The molecule has 0 spiro atoms. The average Bonchev–Trinajstić information content (AvgIpc) is 2.61. The number of hydrogen-bond donors (Lipinski definition) is 2. The summed E-state index contributed by atoms with van der Waals surface area (Å²) in [7, 11) is 0. The Hall–Kier alpha value is -2.41. The number of carbonyl (C=O) groups excluding carboxylic acids is 2. The Kier molecular flexibility index (Phi) is 5.88. The zero-order valence-corrected chi connectivity index (χ0v) is 14.7. The molecule has 140 valence electrons. The average molecular weight is 361 g/mol. The van der Waals surface area contributed by atoms with Gasteiger partial charge in [-0.15, -0.1) is 0 Å². The first-order chi connectivity index (χ1) is 12.6. The van der Waals surface area contributed by atoms with Crippen LogP contribution in [0.2, 0.25) is 0 Å². The van der Waals surface area contributed by atoms with Crippen LogP contribution in [-0.2, 0) is 11.2 Å². The van der Waals surface area contributed by atoms with Gasteiger partial charge in [0.15, 0.2) is 0 Å². The Morgan fingerprint density at radius 3 is 2.88 bits per heavy atom. The number of hydrogen-bond acceptors (Lipinski definition) is 4. The molecular weight excluding hydrogens is 337 g/mol. The van der Waals surface area contributed by atoms with Crippen molar-refractivity contribution in [3.63, 3.8) is 0 Å². The van der Waals surface area contributed by atoms with Crippen LogP contribution >= 0.6 is 0 Å². The predicted molar refractivity (Wildman–Crippen MR) is 95.6 cm³/mol. The maximum atomic E-state index is 12.6. The third-order valence-electron chi connectivity index (χ3n) is 4.89. The van der Waals surface area contributed by atoms with Crippen molar-refractivity contribution >= 4 is 11.8 Å². The molecule has 0 aromatic heterocycles. The van der Waals surface area contributed by atoms with Crippen LogP contribution in [0.25, 0.3) is 0 Å². The van der Waals surface area contributed by atoms with Gasteiger partial charge >= 0.3 is 0 Å². The molecule has 1 heterocycles. The van der Waals surface area contributed by atoms with Crippen molar-refractivity contribution in [3.05, 3.63) is 41.2 Å². The lowest BCUT2D eigenvalue weighted by atomic mass is 9.93. The Balaban J connectivity index is 1.60. The van der Waals surface area contributed by atoms with Crippen LogP contribution in [0.15, 0.2) is 30.1 Å². The first-order valence-corrected chi connectivity index (χ1v) is 8.93. The van der Waals surface area contributed by atoms with Gasteiger partial charge in [0, 0.05) is 30.3 Å². The van der Waals surface area contributed by atoms with E-state index in [0.29, 0.717) is 36.2 Å². The van der Waals surface area contributed by atoms with Gasteiger partial charge in [-0.2, -0.15) is 0 Å². The topological polar surface area (TPSA) is 84.7 Å². The molecule has 7 heteroatoms. The maximum absolute atomic E-state index is 12.6. The Labute approximate surface area is 152 Å². The molecule has 1 aliphatic carbocycles. The molecule has 1 aromatic carbocycles. The fourth-order valence-corrected chi connectivity index (χ4v) is 3.06. The van der Waals surface area contributed by atoms with Crippen molar-refractivity contribution in [2.75, 3.05) is 26.2 Å². The summed E-state index contributed by atoms with van der Waals surface area (Å²) in [5.41, 5.74) is 7.23. The smallest absolute Gasteiger partial charge is 0.254 e. The Morgan fingerprint density at radius 1 is 1.42 bits per heavy atom. The van der Waals surface area contributed by atoms with Gasteiger partial charge in [-0.05, 0) is 49.4 Å². The summed E-state index contributed by atoms with van der Waals surface area (Å²) < 4.78 is 18.1. The van der Waals surface area contributed by atoms with Crippen molar-refractivity contribution in [3.8, 4) is 5.75 Å². The highest BCUT2D eigenvalue weighted by molar-refractivity contribution is 5.98. The van der Waals surface area contributed by atoms with E-state index in [0.717, 1.165) is 24.8 Å². The van der Waals surface area contributed by atoms with Crippen molar-refractivity contribution in [2.45, 2.75) is 31.7 Å². The highest BCUT2D eigenvalue weighted by atomic mass is 19.1. The molecule has 0 unspecified atom stereocenters. The second-order valence-corrected chi connectivity index (χ2v) is 6.75. The lowest BCUT2D eigenvalue weighted by Gasteiger charge is -2.31. The highest BCUT2D eigenvalue weighted by Gasteiger charge is 2.27. The standard InChI is InChI=1S/C19H24FN3O3/c20-9-13(10-21)12-26-16-4-5-17-14(8-16)6-7-23(19(17)25)11-18(24)22-15-2-1-3-15/h4-5,8-9,15H,1-3,6-7,10-12,21H2,(H,22,24)/b13-9-. The van der Waals surface area contributed by atoms with Gasteiger partial charge in [-0.3, -0.25) is 9.59 Å². The number of rotatable bonds is 7. The summed E-state index contributed by atoms with van der Waals surface area (Å²) in [6.07, 6.45) is 4.30. The van der Waals surface area contributed by atoms with Crippen LogP contribution in [-0.4, -0.2) is 49.0 Å². The van der Waals surface area contributed by atoms with Gasteiger partial charge in [0.25, 0.3) is 5.91 Å². The molecule has 0 saturated heterocycles. The molecule has 0 bridgehead atoms. The van der Waals surface area contributed by atoms with E-state index in [-0.39, 0.29) is 37.6 Å². The molecule has 1 aromatic rings. The molecule has 1 saturated carbocycles. The van der Waals surface area contributed by atoms with Gasteiger partial charge in [-0.25, -0.2) is 4.39 Å². The minimum Gasteiger partial charge on any atom is -0.489 e. The summed E-state index contributed by atoms with van der Waals surface area (Å²) in [5, 5.41) is 2.96. The van der Waals surface area contributed by atoms with Gasteiger partial charge in [0.05, 0.1) is 12.9 Å². The lowest BCUT2D eigenvalue weighted by Crippen LogP contribution is -2.48. The normalized spacial score (nSPS) is 17.5. The molecule has 0 atom stereocenters. The molecule has 1 aliphatic heterocycles. The van der Waals surface area contributed by atoms with Crippen molar-refractivity contribution < 1.29 is 18.7 Å². The van der Waals surface area contributed by atoms with E-state index in [4.69, 9.17) is 10.5 Å². The summed E-state index contributed by atoms with van der Waals surface area (Å²) in [6.45, 7) is 0.755. The summed E-state index contributed by atoms with van der Waals surface area (Å²) in [6, 6.07) is 5.45. The molecule has 2 aliphatic rings. The molecular formula is C19H24FN3O3. The third-order valence-corrected chi connectivity index (χ3v) is 4.89. The van der Waals surface area contributed by atoms with Gasteiger partial charge in [-0.1, -0.05) is 0 Å². The fourth-order valence-electron chi connectivity index (χ4n) is 3.06. The molecule has 3 rings (SSSR count). The van der Waals surface area contributed by atoms with E-state index in [1.54, 1.807) is 23.1 Å². The highest BCUT2D eigenvalue weighted by Crippen LogP contribution is 2.24. The van der Waals surface area contributed by atoms with E-state index in [9.17, 15) is 14.0 Å². The van der Waals surface area contributed by atoms with Crippen LogP contribution in [0.4, 0.5) is 4.39 Å². The molecule has 1 fully saturated rings. The number of nitrogens with zero attached hydrogens (tertiary/aromatic N) is 1. The van der Waals surface area contributed by atoms with Gasteiger partial charge in [0.2, 0.25) is 5.91 Å². The van der Waals surface area contributed by atoms with Crippen LogP contribution in [0.3, 0.4) is 0 Å². The number of nitrogens with two attached hydrogens (primary N) is 1. The van der Waals surface area contributed by atoms with E-state index in [1.165, 1.54) is 0 Å². The van der Waals surface area contributed by atoms with Crippen LogP contribution in [0, 0.1) is 0 Å². The lowest BCUT2D eigenvalue weighted by molar-refractivity contribution is -0.123. The van der Waals surface area contributed by atoms with E-state index < -0.39 is 0 Å². The summed E-state index contributed by atoms with van der Waals surface area (Å²) in [5.74, 6) is 0.326. The van der Waals surface area contributed by atoms with E-state index in [1.807, 2.05) is 0 Å². The number of carbonyl (C=O) groups is 2. The quantitative estimate of drug-likeness (QED) is 0.772. The monoisotopic (exact) mass is 361 g/mol. The zero-order valence-electron chi connectivity index (χ0n) is 14.7. The zero-order chi connectivity index (χ0) is 18.5. The van der Waals surface area contributed by atoms with Crippen molar-refractivity contribution in [2.24, 2.45) is 5.73 Å². The molecule has 6 nitrogen and oxygen atoms in total. The number of benzene rings is 1. The number of ether oxygens (including phenoxy) is 1. The first-order valence-electron chi connectivity index (χ1n) is 8.93. The van der Waals surface area contributed by atoms with Crippen LogP contribution in [0.1, 0.15) is 35.2 Å². The second-order valence-electron chi connectivity index (χ2n) is 6.75. The number of halogens is 1. The minimum absolute atomic E-state index is 0.0766. The Bertz CT molecular complexity index is 716. The van der Waals surface area contributed by atoms with Crippen molar-refractivity contribution in [1.29, 1.82) is 0 Å². The summed E-state index contributed by atoms with van der Waals surface area (Å²) in [4.78, 5) is 26.3. The fraction of sp³-hybridized carbons (Fsp3) is 0.474. The van der Waals surface area contributed by atoms with Gasteiger partial charge < -0.3 is 20.7 Å². The van der Waals surface area contributed by atoms with E-state index in [2.05, 4.69) is 5.32 Å². The van der Waals surface area contributed by atoms with Crippen molar-refractivity contribution in [1.82, 2.24) is 10.2 Å². The molecule has 0 radical (unpaired) electrons. The van der Waals surface area contributed by atoms with Crippen LogP contribution in [0.5, 0.6) is 5.75 Å². The largest absolute Gasteiger partial charge is 0.489 e. The van der Waals surface area contributed by atoms with Crippen LogP contribution < -0.4 is 15.8 Å². The maximum Gasteiger partial charge on any atom is 0.254 e. The summed E-state index contributed by atoms with van der Waals surface area (Å²) >= 11 is 0. The number of amides is 2. The first kappa shape index (κ1) is 18.4. The van der Waals surface area contributed by atoms with E-state index >= 15 is 0 Å². The predicted octanol–water partition coefficient (Wildman–Crippen LogP) is 1.54. The molecule has 3 N–H and O–H groups in total. The SMILES string of the molecule is NC/C(=C/F)COc1ccc2c(c1)CCN(CC(=O)NC1CCC1)C2=O. The molecule has 26 heavy (non-hydrogen) atoms. The minimum atomic E-state index is -0.145. The molecule has 2 amide bonds. The van der Waals surface area contributed by atoms with Gasteiger partial charge in [0.1, 0.15) is 12.4 Å². The number of nitrogens with one attached hydrogen (secondary N) is 1.